The summed E-state index contributed by atoms with van der Waals surface area (Å²) in [5.41, 5.74) is 1.46. The van der Waals surface area contributed by atoms with Crippen molar-refractivity contribution in [1.29, 1.82) is 0 Å². The van der Waals surface area contributed by atoms with Crippen molar-refractivity contribution in [2.24, 2.45) is 0 Å². The Morgan fingerprint density at radius 3 is 3.00 bits per heavy atom. The third-order valence-corrected chi connectivity index (χ3v) is 3.54. The van der Waals surface area contributed by atoms with Crippen molar-refractivity contribution in [2.75, 3.05) is 6.61 Å². The van der Waals surface area contributed by atoms with Gasteiger partial charge in [0.1, 0.15) is 11.8 Å². The lowest BCUT2D eigenvalue weighted by Crippen LogP contribution is -2.39. The van der Waals surface area contributed by atoms with E-state index >= 15 is 0 Å². The lowest BCUT2D eigenvalue weighted by Gasteiger charge is -2.27. The molecule has 0 fully saturated rings. The van der Waals surface area contributed by atoms with Crippen LogP contribution in [-0.4, -0.2) is 34.4 Å². The summed E-state index contributed by atoms with van der Waals surface area (Å²) in [7, 11) is 0. The van der Waals surface area contributed by atoms with Gasteiger partial charge < -0.3 is 9.64 Å². The molecule has 1 aromatic heterocycles. The van der Waals surface area contributed by atoms with Gasteiger partial charge in [0.25, 0.3) is 5.91 Å². The third kappa shape index (κ3) is 3.10. The monoisotopic (exact) mass is 296 g/mol. The minimum Gasteiger partial charge on any atom is -0.464 e. The van der Waals surface area contributed by atoms with Crippen molar-refractivity contribution in [1.82, 2.24) is 9.88 Å². The first-order chi connectivity index (χ1) is 9.52. The van der Waals surface area contributed by atoms with Gasteiger partial charge in [-0.2, -0.15) is 0 Å². The van der Waals surface area contributed by atoms with E-state index in [-0.39, 0.29) is 24.5 Å². The molecule has 2 heterocycles. The van der Waals surface area contributed by atoms with Gasteiger partial charge >= 0.3 is 5.97 Å². The fourth-order valence-electron chi connectivity index (χ4n) is 2.37. The van der Waals surface area contributed by atoms with Gasteiger partial charge in [-0.1, -0.05) is 24.9 Å². The van der Waals surface area contributed by atoms with E-state index in [0.29, 0.717) is 17.3 Å². The number of aromatic nitrogens is 1. The van der Waals surface area contributed by atoms with Crippen LogP contribution in [-0.2, 0) is 16.1 Å². The lowest BCUT2D eigenvalue weighted by molar-refractivity contribution is -0.142. The Labute approximate surface area is 122 Å². The zero-order valence-corrected chi connectivity index (χ0v) is 12.3. The SMILES string of the molecule is CCC[C@@H](COC(C)=O)N1Cc2cc(Cl)ncc2C1=O. The minimum absolute atomic E-state index is 0.0743. The van der Waals surface area contributed by atoms with Gasteiger partial charge in [0.2, 0.25) is 0 Å². The molecule has 0 aromatic carbocycles. The van der Waals surface area contributed by atoms with Gasteiger partial charge in [0.05, 0.1) is 11.6 Å². The zero-order valence-electron chi connectivity index (χ0n) is 11.6. The van der Waals surface area contributed by atoms with Crippen LogP contribution < -0.4 is 0 Å². The van der Waals surface area contributed by atoms with E-state index in [1.54, 1.807) is 11.0 Å². The van der Waals surface area contributed by atoms with E-state index in [9.17, 15) is 9.59 Å². The summed E-state index contributed by atoms with van der Waals surface area (Å²) < 4.78 is 5.07. The van der Waals surface area contributed by atoms with Gasteiger partial charge in [-0.05, 0) is 18.1 Å². The van der Waals surface area contributed by atoms with Crippen LogP contribution in [0.2, 0.25) is 5.15 Å². The molecule has 0 bridgehead atoms. The number of hydrogen-bond acceptors (Lipinski definition) is 4. The maximum absolute atomic E-state index is 12.4. The number of carbonyl (C=O) groups excluding carboxylic acids is 2. The van der Waals surface area contributed by atoms with Gasteiger partial charge in [0.15, 0.2) is 0 Å². The molecule has 1 aliphatic heterocycles. The maximum Gasteiger partial charge on any atom is 0.302 e. The Morgan fingerprint density at radius 2 is 2.35 bits per heavy atom. The quantitative estimate of drug-likeness (QED) is 0.618. The van der Waals surface area contributed by atoms with Crippen molar-refractivity contribution in [3.05, 3.63) is 28.5 Å². The van der Waals surface area contributed by atoms with Crippen molar-refractivity contribution in [3.63, 3.8) is 0 Å². The van der Waals surface area contributed by atoms with Crippen molar-refractivity contribution >= 4 is 23.5 Å². The highest BCUT2D eigenvalue weighted by molar-refractivity contribution is 6.29. The molecule has 1 amide bonds. The van der Waals surface area contributed by atoms with Crippen LogP contribution in [0.15, 0.2) is 12.3 Å². The van der Waals surface area contributed by atoms with E-state index in [4.69, 9.17) is 16.3 Å². The molecule has 0 saturated heterocycles. The van der Waals surface area contributed by atoms with Crippen molar-refractivity contribution in [3.8, 4) is 0 Å². The molecule has 1 aromatic rings. The predicted molar refractivity (Wildman–Crippen MR) is 74.4 cm³/mol. The van der Waals surface area contributed by atoms with Crippen LogP contribution in [0.1, 0.15) is 42.6 Å². The van der Waals surface area contributed by atoms with Crippen LogP contribution >= 0.6 is 11.6 Å². The smallest absolute Gasteiger partial charge is 0.302 e. The molecule has 0 N–H and O–H groups in total. The number of nitrogens with zero attached hydrogens (tertiary/aromatic N) is 2. The van der Waals surface area contributed by atoms with Gasteiger partial charge in [-0.25, -0.2) is 4.98 Å². The minimum atomic E-state index is -0.333. The van der Waals surface area contributed by atoms with Crippen molar-refractivity contribution < 1.29 is 14.3 Å². The molecule has 6 heteroatoms. The molecule has 5 nitrogen and oxygen atoms in total. The molecule has 20 heavy (non-hydrogen) atoms. The first-order valence-corrected chi connectivity index (χ1v) is 6.99. The Hall–Kier alpha value is -1.62. The zero-order chi connectivity index (χ0) is 14.7. The Morgan fingerprint density at radius 1 is 1.60 bits per heavy atom. The number of carbonyl (C=O) groups is 2. The molecule has 0 aliphatic carbocycles. The first-order valence-electron chi connectivity index (χ1n) is 6.61. The summed E-state index contributed by atoms with van der Waals surface area (Å²) in [5, 5.41) is 0.380. The number of esters is 1. The highest BCUT2D eigenvalue weighted by Crippen LogP contribution is 2.27. The standard InChI is InChI=1S/C14H17ClN2O3/c1-3-4-11(8-20-9(2)18)17-7-10-5-13(15)16-6-12(10)14(17)19/h5-6,11H,3-4,7-8H2,1-2H3/t11-/m0/s1. The summed E-state index contributed by atoms with van der Waals surface area (Å²) in [5.74, 6) is -0.408. The molecule has 108 valence electrons. The second kappa shape index (κ2) is 6.22. The highest BCUT2D eigenvalue weighted by atomic mass is 35.5. The van der Waals surface area contributed by atoms with Crippen molar-refractivity contribution in [2.45, 2.75) is 39.3 Å². The molecule has 0 spiro atoms. The highest BCUT2D eigenvalue weighted by Gasteiger charge is 2.33. The van der Waals surface area contributed by atoms with Crippen LogP contribution in [0.3, 0.4) is 0 Å². The summed E-state index contributed by atoms with van der Waals surface area (Å²) in [6.45, 7) is 4.12. The third-order valence-electron chi connectivity index (χ3n) is 3.33. The number of fused-ring (bicyclic) bond motifs is 1. The Kier molecular flexibility index (Phi) is 4.60. The molecule has 0 unspecified atom stereocenters. The number of hydrogen-bond donors (Lipinski definition) is 0. The molecule has 1 atom stereocenters. The van der Waals surface area contributed by atoms with E-state index in [1.807, 2.05) is 6.92 Å². The number of rotatable bonds is 5. The second-order valence-electron chi connectivity index (χ2n) is 4.84. The maximum atomic E-state index is 12.4. The summed E-state index contributed by atoms with van der Waals surface area (Å²) >= 11 is 5.85. The molecular weight excluding hydrogens is 280 g/mol. The van der Waals surface area contributed by atoms with Crippen LogP contribution in [0.4, 0.5) is 0 Å². The number of pyridine rings is 1. The molecule has 0 saturated carbocycles. The largest absolute Gasteiger partial charge is 0.464 e. The number of halogens is 1. The molecular formula is C14H17ClN2O3. The van der Waals surface area contributed by atoms with Crippen LogP contribution in [0, 0.1) is 0 Å². The number of amides is 1. The molecule has 1 aliphatic rings. The fourth-order valence-corrected chi connectivity index (χ4v) is 2.55. The molecule has 0 radical (unpaired) electrons. The van der Waals surface area contributed by atoms with Gasteiger partial charge in [-0.3, -0.25) is 9.59 Å². The average molecular weight is 297 g/mol. The molecule has 2 rings (SSSR count). The average Bonchev–Trinajstić information content (AvgIpc) is 2.71. The van der Waals surface area contributed by atoms with E-state index < -0.39 is 0 Å². The fraction of sp³-hybridized carbons (Fsp3) is 0.500. The first kappa shape index (κ1) is 14.8. The summed E-state index contributed by atoms with van der Waals surface area (Å²) in [6, 6.07) is 1.60. The lowest BCUT2D eigenvalue weighted by atomic mass is 10.1. The second-order valence-corrected chi connectivity index (χ2v) is 5.23. The van der Waals surface area contributed by atoms with E-state index in [2.05, 4.69) is 4.98 Å². The van der Waals surface area contributed by atoms with E-state index in [1.165, 1.54) is 13.1 Å². The number of ether oxygens (including phenoxy) is 1. The van der Waals surface area contributed by atoms with Crippen LogP contribution in [0.25, 0.3) is 0 Å². The normalized spacial score (nSPS) is 15.2. The van der Waals surface area contributed by atoms with Gasteiger partial charge in [-0.15, -0.1) is 0 Å². The summed E-state index contributed by atoms with van der Waals surface area (Å²) in [6.07, 6.45) is 3.20. The Balaban J connectivity index is 2.15. The summed E-state index contributed by atoms with van der Waals surface area (Å²) in [4.78, 5) is 29.0. The topological polar surface area (TPSA) is 59.5 Å². The van der Waals surface area contributed by atoms with E-state index in [0.717, 1.165) is 18.4 Å². The Bertz CT molecular complexity index is 533. The van der Waals surface area contributed by atoms with Crippen LogP contribution in [0.5, 0.6) is 0 Å². The predicted octanol–water partition coefficient (Wildman–Crippen LogP) is 2.42. The van der Waals surface area contributed by atoms with Gasteiger partial charge in [0, 0.05) is 19.7 Å².